The van der Waals surface area contributed by atoms with Gasteiger partial charge in [0.15, 0.2) is 11.9 Å². The van der Waals surface area contributed by atoms with E-state index in [4.69, 9.17) is 4.74 Å². The number of amides is 1. The quantitative estimate of drug-likeness (QED) is 0.483. The highest BCUT2D eigenvalue weighted by Crippen LogP contribution is 2.29. The molecule has 0 aromatic heterocycles. The van der Waals surface area contributed by atoms with Gasteiger partial charge in [0.1, 0.15) is 6.29 Å². The maximum atomic E-state index is 12.4. The van der Waals surface area contributed by atoms with E-state index in [1.165, 1.54) is 19.1 Å². The van der Waals surface area contributed by atoms with Gasteiger partial charge in [-0.1, -0.05) is 17.7 Å². The molecule has 0 bridgehead atoms. The van der Waals surface area contributed by atoms with Gasteiger partial charge in [-0.2, -0.15) is 0 Å². The normalized spacial score (nSPS) is 11.5. The van der Waals surface area contributed by atoms with Gasteiger partial charge in [-0.05, 0) is 51.0 Å². The molecule has 0 heterocycles. The summed E-state index contributed by atoms with van der Waals surface area (Å²) in [4.78, 5) is 33.7. The Morgan fingerprint density at radius 3 is 2.35 bits per heavy atom. The third kappa shape index (κ3) is 4.24. The number of carbonyl (C=O) groups excluding carboxylic acids is 2. The monoisotopic (exact) mass is 356 g/mol. The van der Waals surface area contributed by atoms with Gasteiger partial charge >= 0.3 is 5.69 Å². The van der Waals surface area contributed by atoms with E-state index < -0.39 is 16.9 Å². The van der Waals surface area contributed by atoms with Crippen LogP contribution in [0.1, 0.15) is 34.0 Å². The van der Waals surface area contributed by atoms with Gasteiger partial charge in [0.05, 0.1) is 4.92 Å². The number of nitrogens with zero attached hydrogens (tertiary/aromatic N) is 1. The number of aldehydes is 1. The lowest BCUT2D eigenvalue weighted by Crippen LogP contribution is -2.31. The summed E-state index contributed by atoms with van der Waals surface area (Å²) in [5.41, 5.74) is 3.42. The molecule has 2 rings (SSSR count). The maximum absolute atomic E-state index is 12.4. The maximum Gasteiger partial charge on any atom is 0.311 e. The van der Waals surface area contributed by atoms with Crippen molar-refractivity contribution in [2.75, 3.05) is 5.32 Å². The van der Waals surface area contributed by atoms with Crippen LogP contribution < -0.4 is 10.1 Å². The minimum atomic E-state index is -0.962. The van der Waals surface area contributed by atoms with Crippen LogP contribution in [0.15, 0.2) is 30.3 Å². The van der Waals surface area contributed by atoms with Crippen molar-refractivity contribution in [3.05, 3.63) is 62.7 Å². The molecule has 1 atom stereocenters. The lowest BCUT2D eigenvalue weighted by molar-refractivity contribution is -0.386. The highest BCUT2D eigenvalue weighted by atomic mass is 16.6. The first kappa shape index (κ1) is 19.1. The third-order valence-corrected chi connectivity index (χ3v) is 3.91. The number of nitro benzene ring substituents is 1. The van der Waals surface area contributed by atoms with Crippen molar-refractivity contribution in [2.45, 2.75) is 33.8 Å². The Labute approximate surface area is 151 Å². The van der Waals surface area contributed by atoms with E-state index in [2.05, 4.69) is 5.32 Å². The molecule has 1 amide bonds. The Kier molecular flexibility index (Phi) is 5.71. The van der Waals surface area contributed by atoms with Gasteiger partial charge in [0.25, 0.3) is 5.91 Å². The summed E-state index contributed by atoms with van der Waals surface area (Å²) in [6.45, 7) is 7.26. The summed E-state index contributed by atoms with van der Waals surface area (Å²) in [6, 6.07) is 7.73. The number of carbonyl (C=O) groups is 2. The number of rotatable bonds is 6. The highest BCUT2D eigenvalue weighted by Gasteiger charge is 2.22. The van der Waals surface area contributed by atoms with Crippen LogP contribution in [0.4, 0.5) is 11.4 Å². The number of benzene rings is 2. The second-order valence-electron chi connectivity index (χ2n) is 6.13. The molecule has 0 radical (unpaired) electrons. The van der Waals surface area contributed by atoms with E-state index in [9.17, 15) is 19.7 Å². The van der Waals surface area contributed by atoms with E-state index in [-0.39, 0.29) is 17.0 Å². The van der Waals surface area contributed by atoms with Gasteiger partial charge < -0.3 is 10.1 Å². The smallest absolute Gasteiger partial charge is 0.311 e. The van der Waals surface area contributed by atoms with Gasteiger partial charge in [0, 0.05) is 17.3 Å². The molecule has 136 valence electrons. The molecule has 0 spiro atoms. The van der Waals surface area contributed by atoms with Gasteiger partial charge in [-0.15, -0.1) is 0 Å². The molecule has 0 unspecified atom stereocenters. The van der Waals surface area contributed by atoms with Crippen LogP contribution in [-0.4, -0.2) is 23.2 Å². The molecule has 0 saturated carbocycles. The van der Waals surface area contributed by atoms with E-state index in [0.29, 0.717) is 12.0 Å². The van der Waals surface area contributed by atoms with Crippen LogP contribution >= 0.6 is 0 Å². The first-order valence-corrected chi connectivity index (χ1v) is 8.02. The fraction of sp³-hybridized carbons (Fsp3) is 0.263. The second-order valence-corrected chi connectivity index (χ2v) is 6.13. The molecule has 1 N–H and O–H groups in total. The molecule has 26 heavy (non-hydrogen) atoms. The SMILES string of the molecule is Cc1cc(C)c(NC(=O)[C@@H](C)Oc2ccc(C=O)cc2[N+](=O)[O-])c(C)c1. The predicted molar refractivity (Wildman–Crippen MR) is 97.9 cm³/mol. The fourth-order valence-electron chi connectivity index (χ4n) is 2.70. The highest BCUT2D eigenvalue weighted by molar-refractivity contribution is 5.95. The Bertz CT molecular complexity index is 853. The standard InChI is InChI=1S/C19H20N2O5/c1-11-7-12(2)18(13(3)8-11)20-19(23)14(4)26-17-6-5-15(10-22)9-16(17)21(24)25/h5-10,14H,1-4H3,(H,20,23)/t14-/m1/s1. The molecule has 0 aliphatic rings. The summed E-state index contributed by atoms with van der Waals surface area (Å²) < 4.78 is 5.47. The topological polar surface area (TPSA) is 98.5 Å². The Balaban J connectivity index is 2.20. The van der Waals surface area contributed by atoms with E-state index in [1.54, 1.807) is 0 Å². The molecule has 0 saturated heterocycles. The average molecular weight is 356 g/mol. The molecule has 2 aromatic carbocycles. The van der Waals surface area contributed by atoms with Crippen molar-refractivity contribution in [3.8, 4) is 5.75 Å². The predicted octanol–water partition coefficient (Wildman–Crippen LogP) is 3.74. The number of aryl methyl sites for hydroxylation is 3. The van der Waals surface area contributed by atoms with Gasteiger partial charge in [-0.3, -0.25) is 19.7 Å². The Morgan fingerprint density at radius 1 is 1.19 bits per heavy atom. The number of nitro groups is 1. The van der Waals surface area contributed by atoms with Crippen LogP contribution in [0.5, 0.6) is 5.75 Å². The van der Waals surface area contributed by atoms with Crippen molar-refractivity contribution in [2.24, 2.45) is 0 Å². The molecule has 7 nitrogen and oxygen atoms in total. The second kappa shape index (κ2) is 7.77. The summed E-state index contributed by atoms with van der Waals surface area (Å²) in [5.74, 6) is -0.491. The van der Waals surface area contributed by atoms with Crippen molar-refractivity contribution < 1.29 is 19.2 Å². The largest absolute Gasteiger partial charge is 0.474 e. The number of anilines is 1. The minimum absolute atomic E-state index is 0.0689. The molecule has 2 aromatic rings. The van der Waals surface area contributed by atoms with Crippen molar-refractivity contribution >= 4 is 23.6 Å². The van der Waals surface area contributed by atoms with E-state index in [1.807, 2.05) is 32.9 Å². The zero-order chi connectivity index (χ0) is 19.4. The fourth-order valence-corrected chi connectivity index (χ4v) is 2.70. The van der Waals surface area contributed by atoms with Crippen LogP contribution in [0.2, 0.25) is 0 Å². The van der Waals surface area contributed by atoms with Gasteiger partial charge in [-0.25, -0.2) is 0 Å². The van der Waals surface area contributed by atoms with Crippen LogP contribution in [-0.2, 0) is 4.79 Å². The molecule has 0 aliphatic carbocycles. The number of hydrogen-bond donors (Lipinski definition) is 1. The minimum Gasteiger partial charge on any atom is -0.474 e. The van der Waals surface area contributed by atoms with Crippen LogP contribution in [0.25, 0.3) is 0 Å². The number of nitrogens with one attached hydrogen (secondary N) is 1. The summed E-state index contributed by atoms with van der Waals surface area (Å²) in [5, 5.41) is 14.0. The molecular weight excluding hydrogens is 336 g/mol. The van der Waals surface area contributed by atoms with Crippen molar-refractivity contribution in [1.29, 1.82) is 0 Å². The summed E-state index contributed by atoms with van der Waals surface area (Å²) in [6.07, 6.45) is -0.452. The molecule has 0 aliphatic heterocycles. The first-order valence-electron chi connectivity index (χ1n) is 8.02. The Morgan fingerprint density at radius 2 is 1.81 bits per heavy atom. The summed E-state index contributed by atoms with van der Waals surface area (Å²) >= 11 is 0. The number of ether oxygens (including phenoxy) is 1. The third-order valence-electron chi connectivity index (χ3n) is 3.91. The van der Waals surface area contributed by atoms with Crippen molar-refractivity contribution in [1.82, 2.24) is 0 Å². The molecule has 0 fully saturated rings. The van der Waals surface area contributed by atoms with E-state index in [0.717, 1.165) is 22.8 Å². The van der Waals surface area contributed by atoms with Crippen molar-refractivity contribution in [3.63, 3.8) is 0 Å². The van der Waals surface area contributed by atoms with Crippen LogP contribution in [0, 0.1) is 30.9 Å². The summed E-state index contributed by atoms with van der Waals surface area (Å²) in [7, 11) is 0. The number of hydrogen-bond acceptors (Lipinski definition) is 5. The lowest BCUT2D eigenvalue weighted by Gasteiger charge is -2.17. The molecular formula is C19H20N2O5. The first-order chi connectivity index (χ1) is 12.2. The molecule has 7 heteroatoms. The van der Waals surface area contributed by atoms with E-state index >= 15 is 0 Å². The lowest BCUT2D eigenvalue weighted by atomic mass is 10.0. The van der Waals surface area contributed by atoms with Gasteiger partial charge in [0.2, 0.25) is 0 Å². The zero-order valence-corrected chi connectivity index (χ0v) is 15.0. The average Bonchev–Trinajstić information content (AvgIpc) is 2.57. The zero-order valence-electron chi connectivity index (χ0n) is 15.0. The van der Waals surface area contributed by atoms with Crippen LogP contribution in [0.3, 0.4) is 0 Å². The Hall–Kier alpha value is -3.22.